The van der Waals surface area contributed by atoms with Crippen molar-refractivity contribution in [1.29, 1.82) is 0 Å². The summed E-state index contributed by atoms with van der Waals surface area (Å²) in [6.45, 7) is 4.78. The van der Waals surface area contributed by atoms with Crippen LogP contribution in [-0.2, 0) is 0 Å². The molecule has 0 radical (unpaired) electrons. The Bertz CT molecular complexity index is 460. The third kappa shape index (κ3) is 7.01. The first-order valence-electron chi connectivity index (χ1n) is 15.7. The Morgan fingerprint density at radius 3 is 1.31 bits per heavy atom. The zero-order chi connectivity index (χ0) is 22.2. The fourth-order valence-electron chi connectivity index (χ4n) is 9.31. The summed E-state index contributed by atoms with van der Waals surface area (Å²) in [7, 11) is 0. The maximum Gasteiger partial charge on any atom is -0.0292 e. The quantitative estimate of drug-likeness (QED) is 0.333. The highest BCUT2D eigenvalue weighted by Gasteiger charge is 2.41. The second-order valence-electron chi connectivity index (χ2n) is 13.5. The predicted octanol–water partition coefficient (Wildman–Crippen LogP) is 10.7. The lowest BCUT2D eigenvalue weighted by atomic mass is 9.58. The van der Waals surface area contributed by atoms with Crippen LogP contribution in [0.1, 0.15) is 162 Å². The molecule has 0 N–H and O–H groups in total. The van der Waals surface area contributed by atoms with Crippen LogP contribution < -0.4 is 0 Å². The van der Waals surface area contributed by atoms with Crippen LogP contribution >= 0.6 is 0 Å². The first-order chi connectivity index (χ1) is 15.7. The molecule has 0 spiro atoms. The molecule has 4 fully saturated rings. The molecule has 0 aromatic carbocycles. The van der Waals surface area contributed by atoms with Gasteiger partial charge < -0.3 is 0 Å². The van der Waals surface area contributed by atoms with Gasteiger partial charge in [-0.25, -0.2) is 0 Å². The van der Waals surface area contributed by atoms with Crippen LogP contribution in [0.4, 0.5) is 0 Å². The minimum absolute atomic E-state index is 0.746. The monoisotopic (exact) mass is 442 g/mol. The number of rotatable bonds is 9. The molecule has 0 nitrogen and oxygen atoms in total. The van der Waals surface area contributed by atoms with Gasteiger partial charge in [0.05, 0.1) is 0 Å². The molecule has 0 bridgehead atoms. The Labute approximate surface area is 202 Å². The molecule has 186 valence electrons. The molecule has 4 aliphatic carbocycles. The summed E-state index contributed by atoms with van der Waals surface area (Å²) in [6.07, 6.45) is 35.7. The molecule has 32 heavy (non-hydrogen) atoms. The van der Waals surface area contributed by atoms with E-state index in [-0.39, 0.29) is 0 Å². The van der Waals surface area contributed by atoms with Crippen molar-refractivity contribution < 1.29 is 0 Å². The van der Waals surface area contributed by atoms with Crippen LogP contribution in [0.5, 0.6) is 0 Å². The van der Waals surface area contributed by atoms with Crippen molar-refractivity contribution >= 4 is 0 Å². The fourth-order valence-corrected chi connectivity index (χ4v) is 9.31. The van der Waals surface area contributed by atoms with Gasteiger partial charge >= 0.3 is 0 Å². The van der Waals surface area contributed by atoms with Crippen LogP contribution in [0.15, 0.2) is 0 Å². The van der Waals surface area contributed by atoms with Gasteiger partial charge in [-0.2, -0.15) is 0 Å². The zero-order valence-corrected chi connectivity index (χ0v) is 22.2. The summed E-state index contributed by atoms with van der Waals surface area (Å²) in [4.78, 5) is 0. The molecule has 0 heteroatoms. The minimum Gasteiger partial charge on any atom is -0.0654 e. The molecule has 0 aliphatic heterocycles. The number of hydrogen-bond acceptors (Lipinski definition) is 0. The van der Waals surface area contributed by atoms with E-state index in [1.165, 1.54) is 44.9 Å². The van der Waals surface area contributed by atoms with E-state index in [1.54, 1.807) is 103 Å². The van der Waals surface area contributed by atoms with E-state index in [1.807, 2.05) is 0 Å². The van der Waals surface area contributed by atoms with E-state index in [2.05, 4.69) is 13.8 Å². The summed E-state index contributed by atoms with van der Waals surface area (Å²) >= 11 is 0. The van der Waals surface area contributed by atoms with Crippen molar-refractivity contribution in [1.82, 2.24) is 0 Å². The van der Waals surface area contributed by atoms with Crippen LogP contribution in [0.3, 0.4) is 0 Å². The average molecular weight is 443 g/mol. The molecule has 0 atom stereocenters. The molecule has 4 saturated carbocycles. The van der Waals surface area contributed by atoms with Gasteiger partial charge in [-0.05, 0) is 79.4 Å². The SMILES string of the molecule is CCCC1CCC(CC2(CC3CCC(CCC)CC3)CCC(C3CCCCC3)CC2)CC1. The van der Waals surface area contributed by atoms with E-state index >= 15 is 0 Å². The second-order valence-corrected chi connectivity index (χ2v) is 13.5. The fraction of sp³-hybridized carbons (Fsp3) is 1.00. The Hall–Kier alpha value is 0. The second kappa shape index (κ2) is 12.6. The van der Waals surface area contributed by atoms with Crippen molar-refractivity contribution in [2.75, 3.05) is 0 Å². The molecule has 0 unspecified atom stereocenters. The molecule has 4 rings (SSSR count). The Morgan fingerprint density at radius 2 is 0.875 bits per heavy atom. The van der Waals surface area contributed by atoms with Crippen molar-refractivity contribution in [3.63, 3.8) is 0 Å². The maximum atomic E-state index is 2.39. The van der Waals surface area contributed by atoms with Gasteiger partial charge in [0.2, 0.25) is 0 Å². The first-order valence-corrected chi connectivity index (χ1v) is 15.7. The highest BCUT2D eigenvalue weighted by molar-refractivity contribution is 4.93. The molecule has 0 heterocycles. The van der Waals surface area contributed by atoms with Crippen LogP contribution in [0.2, 0.25) is 0 Å². The Morgan fingerprint density at radius 1 is 0.469 bits per heavy atom. The van der Waals surface area contributed by atoms with Gasteiger partial charge in [-0.1, -0.05) is 123 Å². The third-order valence-electron chi connectivity index (χ3n) is 11.2. The average Bonchev–Trinajstić information content (AvgIpc) is 2.83. The molecule has 0 aromatic rings. The Balaban J connectivity index is 1.34. The summed E-state index contributed by atoms with van der Waals surface area (Å²) in [5.74, 6) is 6.50. The highest BCUT2D eigenvalue weighted by atomic mass is 14.5. The standard InChI is InChI=1S/C32H58/c1-3-8-26-12-16-28(17-13-26)24-32(25-29-18-14-27(9-4-2)15-19-29)22-20-31(21-23-32)30-10-6-5-7-11-30/h26-31H,3-25H2,1-2H3. The van der Waals surface area contributed by atoms with Crippen molar-refractivity contribution in [3.8, 4) is 0 Å². The lowest BCUT2D eigenvalue weighted by Crippen LogP contribution is -2.35. The zero-order valence-electron chi connectivity index (χ0n) is 22.2. The predicted molar refractivity (Wildman–Crippen MR) is 141 cm³/mol. The minimum atomic E-state index is 0.746. The van der Waals surface area contributed by atoms with E-state index in [4.69, 9.17) is 0 Å². The summed E-state index contributed by atoms with van der Waals surface area (Å²) in [6, 6.07) is 0. The molecular formula is C32H58. The lowest BCUT2D eigenvalue weighted by Gasteiger charge is -2.48. The van der Waals surface area contributed by atoms with Gasteiger partial charge in [-0.15, -0.1) is 0 Å². The lowest BCUT2D eigenvalue weighted by molar-refractivity contribution is 0.0377. The molecule has 0 saturated heterocycles. The van der Waals surface area contributed by atoms with Crippen LogP contribution in [0.25, 0.3) is 0 Å². The van der Waals surface area contributed by atoms with Gasteiger partial charge in [0.15, 0.2) is 0 Å². The van der Waals surface area contributed by atoms with Gasteiger partial charge in [-0.3, -0.25) is 0 Å². The molecule has 4 aliphatic rings. The molecular weight excluding hydrogens is 384 g/mol. The third-order valence-corrected chi connectivity index (χ3v) is 11.2. The van der Waals surface area contributed by atoms with E-state index in [0.717, 1.165) is 40.9 Å². The summed E-state index contributed by atoms with van der Waals surface area (Å²) < 4.78 is 0. The summed E-state index contributed by atoms with van der Waals surface area (Å²) in [5.41, 5.74) is 0.746. The van der Waals surface area contributed by atoms with Gasteiger partial charge in [0.25, 0.3) is 0 Å². The Kier molecular flexibility index (Phi) is 9.91. The van der Waals surface area contributed by atoms with Crippen LogP contribution in [-0.4, -0.2) is 0 Å². The smallest absolute Gasteiger partial charge is 0.0292 e. The van der Waals surface area contributed by atoms with Crippen molar-refractivity contribution in [2.24, 2.45) is 40.9 Å². The summed E-state index contributed by atoms with van der Waals surface area (Å²) in [5, 5.41) is 0. The van der Waals surface area contributed by atoms with Crippen molar-refractivity contribution in [3.05, 3.63) is 0 Å². The number of hydrogen-bond donors (Lipinski definition) is 0. The first kappa shape index (κ1) is 25.1. The van der Waals surface area contributed by atoms with Crippen molar-refractivity contribution in [2.45, 2.75) is 162 Å². The van der Waals surface area contributed by atoms with Crippen LogP contribution in [0, 0.1) is 40.9 Å². The topological polar surface area (TPSA) is 0 Å². The van der Waals surface area contributed by atoms with E-state index in [9.17, 15) is 0 Å². The van der Waals surface area contributed by atoms with Gasteiger partial charge in [0.1, 0.15) is 0 Å². The van der Waals surface area contributed by atoms with E-state index in [0.29, 0.717) is 0 Å². The molecule has 0 aromatic heterocycles. The normalized spacial score (nSPS) is 39.8. The molecule has 0 amide bonds. The largest absolute Gasteiger partial charge is 0.0654 e. The van der Waals surface area contributed by atoms with Gasteiger partial charge in [0, 0.05) is 0 Å². The van der Waals surface area contributed by atoms with E-state index < -0.39 is 0 Å². The highest BCUT2D eigenvalue weighted by Crippen LogP contribution is 2.54. The maximum absolute atomic E-state index is 2.39.